The number of halogens is 1. The number of nitrogens with one attached hydrogen (secondary N) is 3. The number of aliphatic imine (C=N–C) groups is 1. The number of Topliss-reactive ketones (excluding diaryl/α,β-unsaturated/α-hetero) is 1. The minimum absolute atomic E-state index is 0.0983. The Morgan fingerprint density at radius 1 is 1.13 bits per heavy atom. The summed E-state index contributed by atoms with van der Waals surface area (Å²) in [5.41, 5.74) is 7.92. The van der Waals surface area contributed by atoms with Crippen LogP contribution in [-0.2, 0) is 4.79 Å². The number of hydrogen-bond donors (Lipinski definition) is 4. The normalized spacial score (nSPS) is 17.7. The number of fused-ring (bicyclic) bond motifs is 1. The van der Waals surface area contributed by atoms with Gasteiger partial charge in [0.15, 0.2) is 5.75 Å². The van der Waals surface area contributed by atoms with Crippen molar-refractivity contribution in [2.45, 2.75) is 111 Å². The molecule has 4 N–H and O–H groups in total. The molecule has 8 nitrogen and oxygen atoms in total. The minimum atomic E-state index is -0.353. The average Bonchev–Trinajstić information content (AvgIpc) is 3.58. The van der Waals surface area contributed by atoms with Gasteiger partial charge in [0.1, 0.15) is 17.3 Å². The monoisotopic (exact) mass is 745 g/mol. The van der Waals surface area contributed by atoms with Crippen molar-refractivity contribution in [1.82, 2.24) is 10.6 Å². The van der Waals surface area contributed by atoms with E-state index in [4.69, 9.17) is 9.73 Å². The van der Waals surface area contributed by atoms with Crippen LogP contribution in [0.1, 0.15) is 109 Å². The molecule has 288 valence electrons. The fourth-order valence-corrected chi connectivity index (χ4v) is 7.88. The van der Waals surface area contributed by atoms with Crippen LogP contribution in [0.3, 0.4) is 0 Å². The van der Waals surface area contributed by atoms with Gasteiger partial charge < -0.3 is 15.4 Å². The lowest BCUT2D eigenvalue weighted by molar-refractivity contribution is -0.116. The Bertz CT molecular complexity index is 1860. The molecule has 10 heteroatoms. The van der Waals surface area contributed by atoms with Crippen molar-refractivity contribution in [3.8, 4) is 16.9 Å². The van der Waals surface area contributed by atoms with Crippen molar-refractivity contribution >= 4 is 47.0 Å². The number of carbonyl (C=O) groups excluding carboxylic acids is 1. The summed E-state index contributed by atoms with van der Waals surface area (Å²) in [5.74, 6) is 1.25. The number of carbonyl (C=O) groups is 1. The molecule has 3 aromatic carbocycles. The zero-order chi connectivity index (χ0) is 38.7. The number of hydrazine groups is 1. The molecule has 0 aliphatic carbocycles. The zero-order valence-corrected chi connectivity index (χ0v) is 33.9. The topological polar surface area (TPSA) is 98.2 Å². The number of unbranched alkanes of at least 4 members (excludes halogenated alkanes) is 1. The molecule has 0 aromatic heterocycles. The lowest BCUT2D eigenvalue weighted by Gasteiger charge is -2.25. The number of benzene rings is 3. The van der Waals surface area contributed by atoms with E-state index < -0.39 is 0 Å². The third-order valence-electron chi connectivity index (χ3n) is 10.1. The molecule has 0 spiro atoms. The van der Waals surface area contributed by atoms with E-state index in [1.807, 2.05) is 64.4 Å². The third kappa shape index (κ3) is 10.2. The fourth-order valence-electron chi connectivity index (χ4n) is 6.99. The number of rotatable bonds is 13. The minimum Gasteiger partial charge on any atom is -0.490 e. The number of nitrogens with zero attached hydrogens (tertiary/aromatic N) is 2. The van der Waals surface area contributed by atoms with Crippen LogP contribution in [0.15, 0.2) is 47.5 Å². The highest BCUT2D eigenvalue weighted by molar-refractivity contribution is 8.00. The van der Waals surface area contributed by atoms with E-state index in [1.54, 1.807) is 13.0 Å². The van der Waals surface area contributed by atoms with E-state index in [9.17, 15) is 10.0 Å². The number of piperidine rings is 1. The predicted octanol–water partition coefficient (Wildman–Crippen LogP) is 8.44. The SMILES string of the molecule is CC.CCC/C=c1\ccc(-c2c(F)ccc(NN(O)c3cc(C(C)CC)cc4c3OCC4C(SC)C(C)=O)c2C)c\c1=C\NC(C)=NC1CCNCC1. The average molecular weight is 746 g/mol. The second kappa shape index (κ2) is 20.0. The number of thioether (sulfide) groups is 1. The van der Waals surface area contributed by atoms with Gasteiger partial charge >= 0.3 is 0 Å². The molecule has 0 amide bonds. The third-order valence-corrected chi connectivity index (χ3v) is 11.3. The van der Waals surface area contributed by atoms with Crippen LogP contribution in [0.4, 0.5) is 15.8 Å². The van der Waals surface area contributed by atoms with Crippen molar-refractivity contribution in [2.75, 3.05) is 36.6 Å². The first-order chi connectivity index (χ1) is 25.6. The molecule has 3 atom stereocenters. The summed E-state index contributed by atoms with van der Waals surface area (Å²) in [6.45, 7) is 18.2. The first kappa shape index (κ1) is 41.9. The molecule has 2 aliphatic heterocycles. The van der Waals surface area contributed by atoms with E-state index in [0.717, 1.165) is 83.3 Å². The van der Waals surface area contributed by atoms with Crippen LogP contribution in [0.2, 0.25) is 0 Å². The maximum Gasteiger partial charge on any atom is 0.150 e. The smallest absolute Gasteiger partial charge is 0.150 e. The molecule has 2 aliphatic rings. The van der Waals surface area contributed by atoms with Crippen molar-refractivity contribution in [3.05, 3.63) is 75.4 Å². The van der Waals surface area contributed by atoms with Crippen LogP contribution in [0, 0.1) is 12.7 Å². The van der Waals surface area contributed by atoms with Gasteiger partial charge in [-0.2, -0.15) is 16.9 Å². The van der Waals surface area contributed by atoms with Crippen LogP contribution in [-0.4, -0.2) is 54.1 Å². The quantitative estimate of drug-likeness (QED) is 0.0787. The van der Waals surface area contributed by atoms with Crippen LogP contribution in [0.25, 0.3) is 23.4 Å². The molecule has 0 bridgehead atoms. The van der Waals surface area contributed by atoms with Gasteiger partial charge in [0.2, 0.25) is 0 Å². The molecule has 3 aromatic rings. The lowest BCUT2D eigenvalue weighted by atomic mass is 9.89. The highest BCUT2D eigenvalue weighted by Crippen LogP contribution is 2.47. The molecule has 1 fully saturated rings. The van der Waals surface area contributed by atoms with E-state index in [2.05, 4.69) is 49.0 Å². The number of anilines is 2. The molecule has 0 saturated carbocycles. The number of ketones is 1. The van der Waals surface area contributed by atoms with Crippen LogP contribution in [0.5, 0.6) is 5.75 Å². The number of ether oxygens (including phenoxy) is 1. The molecule has 1 saturated heterocycles. The van der Waals surface area contributed by atoms with Crippen molar-refractivity contribution in [3.63, 3.8) is 0 Å². The second-order valence-corrected chi connectivity index (χ2v) is 14.8. The Morgan fingerprint density at radius 2 is 1.87 bits per heavy atom. The lowest BCUT2D eigenvalue weighted by Crippen LogP contribution is -2.32. The summed E-state index contributed by atoms with van der Waals surface area (Å²) in [4.78, 5) is 17.4. The highest BCUT2D eigenvalue weighted by Gasteiger charge is 2.37. The second-order valence-electron chi connectivity index (χ2n) is 13.8. The Labute approximate surface area is 320 Å². The summed E-state index contributed by atoms with van der Waals surface area (Å²) < 4.78 is 21.9. The summed E-state index contributed by atoms with van der Waals surface area (Å²) in [7, 11) is 0. The zero-order valence-electron chi connectivity index (χ0n) is 33.1. The number of hydrogen-bond acceptors (Lipinski definition) is 8. The molecular weight excluding hydrogens is 686 g/mol. The molecule has 3 unspecified atom stereocenters. The summed E-state index contributed by atoms with van der Waals surface area (Å²) >= 11 is 1.52. The Kier molecular flexibility index (Phi) is 15.8. The van der Waals surface area contributed by atoms with Gasteiger partial charge in [-0.1, -0.05) is 65.3 Å². The Morgan fingerprint density at radius 3 is 2.53 bits per heavy atom. The fraction of sp³-hybridized carbons (Fsp3) is 0.488. The largest absolute Gasteiger partial charge is 0.490 e. The van der Waals surface area contributed by atoms with Crippen LogP contribution < -0.4 is 36.4 Å². The van der Waals surface area contributed by atoms with Gasteiger partial charge in [0, 0.05) is 23.2 Å². The van der Waals surface area contributed by atoms with Crippen molar-refractivity contribution in [2.24, 2.45) is 4.99 Å². The molecule has 2 heterocycles. The predicted molar refractivity (Wildman–Crippen MR) is 222 cm³/mol. The molecule has 5 rings (SSSR count). The molecule has 0 radical (unpaired) electrons. The Balaban J connectivity index is 0.00000308. The van der Waals surface area contributed by atoms with E-state index >= 15 is 4.39 Å². The van der Waals surface area contributed by atoms with Gasteiger partial charge in [0.25, 0.3) is 0 Å². The number of amidine groups is 1. The van der Waals surface area contributed by atoms with E-state index in [0.29, 0.717) is 40.9 Å². The van der Waals surface area contributed by atoms with Gasteiger partial charge in [-0.25, -0.2) is 4.39 Å². The Hall–Kier alpha value is -3.86. The van der Waals surface area contributed by atoms with E-state index in [-0.39, 0.29) is 28.7 Å². The molecule has 53 heavy (non-hydrogen) atoms. The van der Waals surface area contributed by atoms with Crippen molar-refractivity contribution in [1.29, 1.82) is 0 Å². The van der Waals surface area contributed by atoms with Gasteiger partial charge in [-0.15, -0.1) is 0 Å². The standard InChI is InChI=1S/C41H54FN5O3S.C2H6/c1-8-10-11-29-12-13-30(20-32(29)23-44-28(6)45-33-16-18-43-19-17-33)39-26(4)37(15-14-36(39)42)46-47(49)38-22-31(25(3)9-2)21-34-35(24-50-40(34)38)41(51-7)27(5)48;1-2/h11-15,20-23,25,33,35,41,43,46,49H,8-10,16-19,24H2,1-7H3,(H,44,45);1-2H3/b29-11+,32-23-;. The first-order valence-corrected chi connectivity index (χ1v) is 20.6. The van der Waals surface area contributed by atoms with Crippen molar-refractivity contribution < 1.29 is 19.1 Å². The van der Waals surface area contributed by atoms with Crippen LogP contribution >= 0.6 is 11.8 Å². The first-order valence-electron chi connectivity index (χ1n) is 19.3. The summed E-state index contributed by atoms with van der Waals surface area (Å²) in [5, 5.41) is 21.1. The van der Waals surface area contributed by atoms with E-state index in [1.165, 1.54) is 17.8 Å². The van der Waals surface area contributed by atoms with Gasteiger partial charge in [-0.3, -0.25) is 20.4 Å². The molecular formula is C43H60FN5O3S. The summed E-state index contributed by atoms with van der Waals surface area (Å²) in [6, 6.07) is 13.4. The van der Waals surface area contributed by atoms with Gasteiger partial charge in [-0.05, 0) is 123 Å². The maximum absolute atomic E-state index is 15.8. The summed E-state index contributed by atoms with van der Waals surface area (Å²) in [6.07, 6.45) is 11.0. The maximum atomic E-state index is 15.8. The highest BCUT2D eigenvalue weighted by atomic mass is 32.2. The van der Waals surface area contributed by atoms with Gasteiger partial charge in [0.05, 0.1) is 29.4 Å².